The van der Waals surface area contributed by atoms with Gasteiger partial charge in [-0.05, 0) is 31.9 Å². The zero-order valence-corrected chi connectivity index (χ0v) is 16.6. The topological polar surface area (TPSA) is 73.8 Å². The Morgan fingerprint density at radius 3 is 2.73 bits per heavy atom. The molecule has 1 aromatic rings. The van der Waals surface area contributed by atoms with E-state index in [0.29, 0.717) is 39.0 Å². The van der Waals surface area contributed by atoms with Crippen molar-refractivity contribution in [2.45, 2.75) is 19.8 Å². The quantitative estimate of drug-likeness (QED) is 0.780. The molecular weight excluding hydrogens is 352 g/mol. The van der Waals surface area contributed by atoms with Crippen molar-refractivity contribution in [3.05, 3.63) is 24.4 Å². The maximum absolute atomic E-state index is 13.2. The van der Waals surface area contributed by atoms with Gasteiger partial charge in [-0.15, -0.1) is 0 Å². The highest BCUT2D eigenvalue weighted by atomic mass is 32.2. The van der Waals surface area contributed by atoms with Crippen molar-refractivity contribution in [1.29, 1.82) is 0 Å². The Kier molecular flexibility index (Phi) is 5.25. The second kappa shape index (κ2) is 7.15. The lowest BCUT2D eigenvalue weighted by Gasteiger charge is -2.34. The first kappa shape index (κ1) is 19.1. The van der Waals surface area contributed by atoms with Gasteiger partial charge in [-0.1, -0.05) is 6.07 Å². The van der Waals surface area contributed by atoms with E-state index in [0.717, 1.165) is 5.82 Å². The van der Waals surface area contributed by atoms with Gasteiger partial charge in [0.25, 0.3) is 0 Å². The zero-order chi connectivity index (χ0) is 18.9. The summed E-state index contributed by atoms with van der Waals surface area (Å²) >= 11 is 0. The van der Waals surface area contributed by atoms with Crippen LogP contribution < -0.4 is 4.90 Å². The summed E-state index contributed by atoms with van der Waals surface area (Å²) in [6, 6.07) is 5.75. The lowest BCUT2D eigenvalue weighted by molar-refractivity contribution is -0.141. The molecule has 2 fully saturated rings. The lowest BCUT2D eigenvalue weighted by Crippen LogP contribution is -2.47. The van der Waals surface area contributed by atoms with E-state index in [4.69, 9.17) is 0 Å². The Balaban J connectivity index is 1.96. The molecule has 1 amide bonds. The van der Waals surface area contributed by atoms with E-state index in [1.807, 2.05) is 18.2 Å². The van der Waals surface area contributed by atoms with Crippen molar-refractivity contribution >= 4 is 21.7 Å². The number of hydrogen-bond donors (Lipinski definition) is 0. The van der Waals surface area contributed by atoms with Crippen LogP contribution in [0.25, 0.3) is 0 Å². The summed E-state index contributed by atoms with van der Waals surface area (Å²) < 4.78 is 26.5. The number of carbonyl (C=O) groups is 1. The predicted molar refractivity (Wildman–Crippen MR) is 101 cm³/mol. The molecule has 144 valence electrons. The number of amides is 1. The third kappa shape index (κ3) is 3.32. The molecule has 0 radical (unpaired) electrons. The summed E-state index contributed by atoms with van der Waals surface area (Å²) in [6.45, 7) is 3.81. The minimum absolute atomic E-state index is 0.0387. The summed E-state index contributed by atoms with van der Waals surface area (Å²) in [4.78, 5) is 21.4. The van der Waals surface area contributed by atoms with Crippen LogP contribution in [-0.2, 0) is 14.8 Å². The van der Waals surface area contributed by atoms with E-state index in [9.17, 15) is 13.2 Å². The fourth-order valence-corrected chi connectivity index (χ4v) is 5.52. The van der Waals surface area contributed by atoms with Crippen molar-refractivity contribution in [3.63, 3.8) is 0 Å². The first-order valence-corrected chi connectivity index (χ1v) is 10.8. The maximum Gasteiger partial charge on any atom is 0.230 e. The van der Waals surface area contributed by atoms with Crippen LogP contribution in [0.2, 0.25) is 0 Å². The van der Waals surface area contributed by atoms with Crippen LogP contribution in [0, 0.1) is 11.3 Å². The molecule has 0 bridgehead atoms. The number of pyridine rings is 1. The van der Waals surface area contributed by atoms with Crippen LogP contribution in [0.3, 0.4) is 0 Å². The molecule has 2 aliphatic rings. The SMILES string of the molecule is CCS(=O)(=O)N1CCC[C@@]2(C(=O)N(C)C)CN(c3ccccn3)C[C@H]2C1. The maximum atomic E-state index is 13.2. The highest BCUT2D eigenvalue weighted by Gasteiger charge is 2.54. The molecule has 8 heteroatoms. The Labute approximate surface area is 156 Å². The molecule has 7 nitrogen and oxygen atoms in total. The van der Waals surface area contributed by atoms with Crippen molar-refractivity contribution < 1.29 is 13.2 Å². The number of sulfonamides is 1. The van der Waals surface area contributed by atoms with E-state index in [1.165, 1.54) is 0 Å². The van der Waals surface area contributed by atoms with Gasteiger partial charge in [0, 0.05) is 52.4 Å². The van der Waals surface area contributed by atoms with Crippen LogP contribution in [0.4, 0.5) is 5.82 Å². The van der Waals surface area contributed by atoms with Crippen LogP contribution >= 0.6 is 0 Å². The molecule has 0 N–H and O–H groups in total. The Morgan fingerprint density at radius 1 is 1.35 bits per heavy atom. The van der Waals surface area contributed by atoms with Crippen molar-refractivity contribution in [2.24, 2.45) is 11.3 Å². The van der Waals surface area contributed by atoms with E-state index >= 15 is 0 Å². The largest absolute Gasteiger partial charge is 0.355 e. The van der Waals surface area contributed by atoms with Crippen LogP contribution in [0.5, 0.6) is 0 Å². The molecule has 0 aromatic carbocycles. The average molecular weight is 381 g/mol. The summed E-state index contributed by atoms with van der Waals surface area (Å²) in [7, 11) is 0.298. The second-order valence-electron chi connectivity index (χ2n) is 7.48. The van der Waals surface area contributed by atoms with Gasteiger partial charge in [-0.2, -0.15) is 0 Å². The second-order valence-corrected chi connectivity index (χ2v) is 9.74. The molecule has 0 aliphatic carbocycles. The lowest BCUT2D eigenvalue weighted by atomic mass is 9.74. The van der Waals surface area contributed by atoms with E-state index in [2.05, 4.69) is 9.88 Å². The van der Waals surface area contributed by atoms with Gasteiger partial charge in [-0.25, -0.2) is 17.7 Å². The number of hydrogen-bond acceptors (Lipinski definition) is 5. The number of aromatic nitrogens is 1. The molecule has 0 unspecified atom stereocenters. The van der Waals surface area contributed by atoms with Gasteiger partial charge in [0.1, 0.15) is 5.82 Å². The molecule has 1 aromatic heterocycles. The van der Waals surface area contributed by atoms with Crippen molar-refractivity contribution in [1.82, 2.24) is 14.2 Å². The van der Waals surface area contributed by atoms with E-state index < -0.39 is 15.4 Å². The van der Waals surface area contributed by atoms with Gasteiger partial charge in [0.05, 0.1) is 11.2 Å². The fourth-order valence-electron chi connectivity index (χ4n) is 4.34. The Hall–Kier alpha value is -1.67. The summed E-state index contributed by atoms with van der Waals surface area (Å²) in [5.74, 6) is 0.995. The Bertz CT molecular complexity index is 753. The number of rotatable bonds is 4. The molecule has 26 heavy (non-hydrogen) atoms. The van der Waals surface area contributed by atoms with Crippen molar-refractivity contribution in [3.8, 4) is 0 Å². The van der Waals surface area contributed by atoms with Crippen molar-refractivity contribution in [2.75, 3.05) is 50.9 Å². The zero-order valence-electron chi connectivity index (χ0n) is 15.8. The predicted octanol–water partition coefficient (Wildman–Crippen LogP) is 1.04. The summed E-state index contributed by atoms with van der Waals surface area (Å²) in [5, 5.41) is 0. The molecule has 2 saturated heterocycles. The molecular formula is C18H28N4O3S. The smallest absolute Gasteiger partial charge is 0.230 e. The number of nitrogens with zero attached hydrogens (tertiary/aromatic N) is 4. The number of anilines is 1. The van der Waals surface area contributed by atoms with E-state index in [1.54, 1.807) is 36.4 Å². The molecule has 2 atom stereocenters. The standard InChI is InChI=1S/C18H28N4O3S/c1-4-26(24,25)22-11-7-9-18(17(23)20(2)3)14-21(12-15(18)13-22)16-8-5-6-10-19-16/h5-6,8,10,15H,4,7,9,11-14H2,1-3H3/t15-,18+/m0/s1. The monoisotopic (exact) mass is 380 g/mol. The molecule has 2 aliphatic heterocycles. The highest BCUT2D eigenvalue weighted by Crippen LogP contribution is 2.45. The van der Waals surface area contributed by atoms with Crippen LogP contribution in [0.1, 0.15) is 19.8 Å². The first-order valence-electron chi connectivity index (χ1n) is 9.16. The van der Waals surface area contributed by atoms with Gasteiger partial charge in [0.2, 0.25) is 15.9 Å². The van der Waals surface area contributed by atoms with Gasteiger partial charge >= 0.3 is 0 Å². The summed E-state index contributed by atoms with van der Waals surface area (Å²) in [5.41, 5.74) is -0.557. The molecule has 0 saturated carbocycles. The molecule has 0 spiro atoms. The molecule has 3 rings (SSSR count). The highest BCUT2D eigenvalue weighted by molar-refractivity contribution is 7.89. The minimum atomic E-state index is -3.26. The number of carbonyl (C=O) groups excluding carboxylic acids is 1. The average Bonchev–Trinajstić information content (AvgIpc) is 2.90. The minimum Gasteiger partial charge on any atom is -0.355 e. The normalized spacial score (nSPS) is 27.0. The fraction of sp³-hybridized carbons (Fsp3) is 0.667. The number of fused-ring (bicyclic) bond motifs is 1. The van der Waals surface area contributed by atoms with Crippen LogP contribution in [-0.4, -0.2) is 74.5 Å². The third-order valence-corrected chi connectivity index (χ3v) is 7.56. The Morgan fingerprint density at radius 2 is 2.12 bits per heavy atom. The summed E-state index contributed by atoms with van der Waals surface area (Å²) in [6.07, 6.45) is 3.15. The molecule has 3 heterocycles. The first-order chi connectivity index (χ1) is 12.3. The van der Waals surface area contributed by atoms with Gasteiger partial charge < -0.3 is 9.80 Å². The third-order valence-electron chi connectivity index (χ3n) is 5.71. The van der Waals surface area contributed by atoms with Gasteiger partial charge in [0.15, 0.2) is 0 Å². The van der Waals surface area contributed by atoms with Crippen LogP contribution in [0.15, 0.2) is 24.4 Å². The van der Waals surface area contributed by atoms with Gasteiger partial charge in [-0.3, -0.25) is 4.79 Å². The van der Waals surface area contributed by atoms with E-state index in [-0.39, 0.29) is 17.6 Å².